The smallest absolute Gasteiger partial charge is 0.309 e. The molecule has 6 atom stereocenters. The molecule has 3 N–H and O–H groups in total. The van der Waals surface area contributed by atoms with E-state index in [1.807, 2.05) is 6.92 Å². The van der Waals surface area contributed by atoms with Crippen LogP contribution in [-0.2, 0) is 4.79 Å². The van der Waals surface area contributed by atoms with E-state index in [1.165, 1.54) is 12.8 Å². The summed E-state index contributed by atoms with van der Waals surface area (Å²) in [5.74, 6) is 0.869. The van der Waals surface area contributed by atoms with Crippen LogP contribution in [0.3, 0.4) is 0 Å². The van der Waals surface area contributed by atoms with Crippen LogP contribution in [0.2, 0.25) is 0 Å². The molecule has 0 saturated heterocycles. The molecule has 0 aromatic carbocycles. The molecular formula is C19H29NO3. The Labute approximate surface area is 138 Å². The number of hydroxylamine groups is 1. The fourth-order valence-corrected chi connectivity index (χ4v) is 6.98. The van der Waals surface area contributed by atoms with Gasteiger partial charge in [-0.3, -0.25) is 15.5 Å². The second kappa shape index (κ2) is 4.75. The van der Waals surface area contributed by atoms with Gasteiger partial charge in [0.05, 0.1) is 5.41 Å². The number of allylic oxidation sites excluding steroid dienone is 2. The van der Waals surface area contributed by atoms with Crippen molar-refractivity contribution < 1.29 is 15.1 Å². The van der Waals surface area contributed by atoms with Crippen molar-refractivity contribution in [1.82, 2.24) is 5.48 Å². The van der Waals surface area contributed by atoms with Crippen LogP contribution in [0.15, 0.2) is 11.8 Å². The van der Waals surface area contributed by atoms with Crippen LogP contribution in [0.1, 0.15) is 65.2 Å². The van der Waals surface area contributed by atoms with Crippen molar-refractivity contribution in [2.45, 2.75) is 65.2 Å². The van der Waals surface area contributed by atoms with Gasteiger partial charge < -0.3 is 5.11 Å². The summed E-state index contributed by atoms with van der Waals surface area (Å²) in [5, 5.41) is 19.4. The number of aliphatic carboxylic acids is 1. The normalized spacial score (nSPS) is 51.4. The Kier molecular flexibility index (Phi) is 3.20. The number of carboxylic acids is 1. The van der Waals surface area contributed by atoms with Gasteiger partial charge in [-0.2, -0.15) is 0 Å². The van der Waals surface area contributed by atoms with Crippen molar-refractivity contribution in [2.24, 2.45) is 34.0 Å². The molecular weight excluding hydrogens is 290 g/mol. The Balaban J connectivity index is 1.70. The third kappa shape index (κ3) is 1.90. The van der Waals surface area contributed by atoms with Crippen molar-refractivity contribution >= 4 is 5.97 Å². The summed E-state index contributed by atoms with van der Waals surface area (Å²) in [6, 6.07) is 0. The topological polar surface area (TPSA) is 69.6 Å². The zero-order valence-electron chi connectivity index (χ0n) is 14.3. The molecule has 4 aliphatic rings. The zero-order chi connectivity index (χ0) is 16.5. The fraction of sp³-hybridized carbons (Fsp3) is 0.842. The lowest BCUT2D eigenvalue weighted by Crippen LogP contribution is -2.53. The molecule has 4 rings (SSSR count). The summed E-state index contributed by atoms with van der Waals surface area (Å²) in [5.41, 5.74) is 3.23. The first kappa shape index (κ1) is 15.5. The summed E-state index contributed by atoms with van der Waals surface area (Å²) in [6.45, 7) is 4.25. The van der Waals surface area contributed by atoms with Crippen molar-refractivity contribution in [3.63, 3.8) is 0 Å². The first-order valence-corrected chi connectivity index (χ1v) is 9.22. The van der Waals surface area contributed by atoms with E-state index in [2.05, 4.69) is 18.5 Å². The summed E-state index contributed by atoms with van der Waals surface area (Å²) in [4.78, 5) is 11.9. The van der Waals surface area contributed by atoms with E-state index in [-0.39, 0.29) is 10.8 Å². The second-order valence-electron chi connectivity index (χ2n) is 9.21. The van der Waals surface area contributed by atoms with Gasteiger partial charge in [0.15, 0.2) is 0 Å². The van der Waals surface area contributed by atoms with Gasteiger partial charge in [-0.05, 0) is 75.0 Å². The quantitative estimate of drug-likeness (QED) is 0.674. The highest BCUT2D eigenvalue weighted by atomic mass is 16.5. The Morgan fingerprint density at radius 2 is 1.91 bits per heavy atom. The van der Waals surface area contributed by atoms with Gasteiger partial charge in [0.1, 0.15) is 0 Å². The monoisotopic (exact) mass is 319 g/mol. The van der Waals surface area contributed by atoms with Crippen LogP contribution in [0.4, 0.5) is 0 Å². The summed E-state index contributed by atoms with van der Waals surface area (Å²) >= 11 is 0. The zero-order valence-corrected chi connectivity index (χ0v) is 14.3. The SMILES string of the molecule is CC12CCC3C4CCCC(C)(C(=O)O)C4CCC3(C=C1NO)C2. The van der Waals surface area contributed by atoms with Crippen molar-refractivity contribution in [3.8, 4) is 0 Å². The molecule has 6 unspecified atom stereocenters. The van der Waals surface area contributed by atoms with E-state index >= 15 is 0 Å². The first-order valence-electron chi connectivity index (χ1n) is 9.22. The third-order valence-corrected chi connectivity index (χ3v) is 8.16. The Morgan fingerprint density at radius 3 is 2.61 bits per heavy atom. The molecule has 4 heteroatoms. The van der Waals surface area contributed by atoms with Crippen LogP contribution in [0, 0.1) is 34.0 Å². The minimum atomic E-state index is -0.594. The van der Waals surface area contributed by atoms with Gasteiger partial charge >= 0.3 is 5.97 Å². The summed E-state index contributed by atoms with van der Waals surface area (Å²) in [6.07, 6.45) is 10.9. The van der Waals surface area contributed by atoms with Crippen molar-refractivity contribution in [3.05, 3.63) is 11.8 Å². The molecule has 3 fully saturated rings. The minimum Gasteiger partial charge on any atom is -0.481 e. The number of hydrogen-bond donors (Lipinski definition) is 3. The number of fused-ring (bicyclic) bond motifs is 3. The molecule has 1 spiro atoms. The van der Waals surface area contributed by atoms with Crippen LogP contribution in [0.25, 0.3) is 0 Å². The number of rotatable bonds is 2. The van der Waals surface area contributed by atoms with E-state index in [9.17, 15) is 15.1 Å². The standard InChI is InChI=1S/C19H29NO3/c1-17-8-5-14-12-4-3-7-18(2,16(21)22)13(12)6-9-19(14,11-17)10-15(17)20-23/h10,12-14,20,23H,3-9,11H2,1-2H3,(H,21,22). The van der Waals surface area contributed by atoms with Gasteiger partial charge in [0.2, 0.25) is 0 Å². The maximum Gasteiger partial charge on any atom is 0.309 e. The molecule has 0 heterocycles. The average molecular weight is 319 g/mol. The third-order valence-electron chi connectivity index (χ3n) is 8.16. The Morgan fingerprint density at radius 1 is 1.17 bits per heavy atom. The Hall–Kier alpha value is -1.03. The predicted octanol–water partition coefficient (Wildman–Crippen LogP) is 3.96. The molecule has 0 radical (unpaired) electrons. The van der Waals surface area contributed by atoms with Crippen LogP contribution < -0.4 is 5.48 Å². The molecule has 0 aromatic heterocycles. The highest BCUT2D eigenvalue weighted by Gasteiger charge is 2.61. The maximum atomic E-state index is 11.9. The van der Waals surface area contributed by atoms with Gasteiger partial charge in [0.25, 0.3) is 0 Å². The highest BCUT2D eigenvalue weighted by Crippen LogP contribution is 2.68. The van der Waals surface area contributed by atoms with E-state index in [4.69, 9.17) is 0 Å². The maximum absolute atomic E-state index is 11.9. The molecule has 0 amide bonds. The van der Waals surface area contributed by atoms with Gasteiger partial charge in [-0.25, -0.2) is 0 Å². The van der Waals surface area contributed by atoms with Gasteiger partial charge in [-0.1, -0.05) is 19.4 Å². The molecule has 2 bridgehead atoms. The molecule has 128 valence electrons. The summed E-state index contributed by atoms with van der Waals surface area (Å²) < 4.78 is 0. The largest absolute Gasteiger partial charge is 0.481 e. The predicted molar refractivity (Wildman–Crippen MR) is 86.7 cm³/mol. The van der Waals surface area contributed by atoms with E-state index in [0.29, 0.717) is 17.8 Å². The highest BCUT2D eigenvalue weighted by molar-refractivity contribution is 5.74. The molecule has 23 heavy (non-hydrogen) atoms. The van der Waals surface area contributed by atoms with E-state index in [0.717, 1.165) is 44.2 Å². The van der Waals surface area contributed by atoms with Gasteiger partial charge in [0, 0.05) is 11.1 Å². The number of hydrogen-bond acceptors (Lipinski definition) is 3. The lowest BCUT2D eigenvalue weighted by Gasteiger charge is -2.58. The van der Waals surface area contributed by atoms with Crippen LogP contribution >= 0.6 is 0 Å². The number of carboxylic acid groups (broad SMARTS) is 1. The number of carbonyl (C=O) groups is 1. The average Bonchev–Trinajstić information content (AvgIpc) is 2.73. The van der Waals surface area contributed by atoms with E-state index < -0.39 is 11.4 Å². The molecule has 4 aliphatic carbocycles. The molecule has 0 aliphatic heterocycles. The summed E-state index contributed by atoms with van der Waals surface area (Å²) in [7, 11) is 0. The fourth-order valence-electron chi connectivity index (χ4n) is 6.98. The second-order valence-corrected chi connectivity index (χ2v) is 9.21. The van der Waals surface area contributed by atoms with Crippen LogP contribution in [0.5, 0.6) is 0 Å². The number of nitrogens with one attached hydrogen (secondary N) is 1. The van der Waals surface area contributed by atoms with Crippen molar-refractivity contribution in [2.75, 3.05) is 0 Å². The minimum absolute atomic E-state index is 0.0862. The van der Waals surface area contributed by atoms with Crippen molar-refractivity contribution in [1.29, 1.82) is 0 Å². The van der Waals surface area contributed by atoms with Gasteiger partial charge in [-0.15, -0.1) is 0 Å². The lowest BCUT2D eigenvalue weighted by molar-refractivity contribution is -0.163. The van der Waals surface area contributed by atoms with Crippen LogP contribution in [-0.4, -0.2) is 16.3 Å². The molecule has 4 nitrogen and oxygen atoms in total. The first-order chi connectivity index (χ1) is 10.8. The van der Waals surface area contributed by atoms with E-state index in [1.54, 1.807) is 0 Å². The lowest BCUT2D eigenvalue weighted by atomic mass is 9.46. The molecule has 0 aromatic rings. The molecule has 3 saturated carbocycles. The Bertz CT molecular complexity index is 573.